The number of carbonyl (C=O) groups excluding carboxylic acids is 1. The predicted molar refractivity (Wildman–Crippen MR) is 92.0 cm³/mol. The van der Waals surface area contributed by atoms with Crippen LogP contribution in [0.1, 0.15) is 45.1 Å². The summed E-state index contributed by atoms with van der Waals surface area (Å²) in [5, 5.41) is 4.01. The molecule has 0 radical (unpaired) electrons. The van der Waals surface area contributed by atoms with Crippen LogP contribution in [0.15, 0.2) is 24.3 Å². The molecule has 0 spiro atoms. The van der Waals surface area contributed by atoms with Gasteiger partial charge in [-0.05, 0) is 50.4 Å². The number of hydrogen-bond acceptors (Lipinski definition) is 2. The third kappa shape index (κ3) is 4.72. The molecule has 122 valence electrons. The molecular weight excluding hydrogens is 296 g/mol. The Morgan fingerprint density at radius 1 is 1.27 bits per heavy atom. The lowest BCUT2D eigenvalue weighted by molar-refractivity contribution is -0.127. The number of carbonyl (C=O) groups is 1. The summed E-state index contributed by atoms with van der Waals surface area (Å²) in [6.45, 7) is 7.06. The summed E-state index contributed by atoms with van der Waals surface area (Å²) >= 11 is 6.22. The van der Waals surface area contributed by atoms with E-state index >= 15 is 0 Å². The fraction of sp³-hybridized carbons (Fsp3) is 0.611. The average molecular weight is 323 g/mol. The third-order valence-electron chi connectivity index (χ3n) is 4.64. The first-order valence-electron chi connectivity index (χ1n) is 8.40. The molecule has 0 atom stereocenters. The second-order valence-corrected chi connectivity index (χ2v) is 6.57. The number of benzene rings is 1. The fourth-order valence-electron chi connectivity index (χ4n) is 3.03. The minimum absolute atomic E-state index is 0.170. The van der Waals surface area contributed by atoms with Gasteiger partial charge in [0.15, 0.2) is 0 Å². The summed E-state index contributed by atoms with van der Waals surface area (Å²) in [5.74, 6) is 0.411. The zero-order chi connectivity index (χ0) is 15.9. The maximum absolute atomic E-state index is 12.3. The van der Waals surface area contributed by atoms with Gasteiger partial charge in [-0.1, -0.05) is 43.6 Å². The highest BCUT2D eigenvalue weighted by atomic mass is 35.5. The molecule has 1 heterocycles. The maximum atomic E-state index is 12.3. The van der Waals surface area contributed by atoms with Crippen molar-refractivity contribution in [2.75, 3.05) is 13.1 Å². The van der Waals surface area contributed by atoms with Crippen LogP contribution in [0, 0.1) is 5.92 Å². The van der Waals surface area contributed by atoms with Crippen LogP contribution in [0.3, 0.4) is 0 Å². The van der Waals surface area contributed by atoms with Gasteiger partial charge >= 0.3 is 0 Å². The topological polar surface area (TPSA) is 32.3 Å². The van der Waals surface area contributed by atoms with Crippen LogP contribution in [0.5, 0.6) is 0 Å². The number of amides is 1. The van der Waals surface area contributed by atoms with Crippen molar-refractivity contribution in [2.45, 2.75) is 52.1 Å². The number of piperidine rings is 1. The molecule has 0 bridgehead atoms. The number of hydrogen-bond donors (Lipinski definition) is 1. The van der Waals surface area contributed by atoms with E-state index in [2.05, 4.69) is 30.1 Å². The van der Waals surface area contributed by atoms with E-state index in [0.29, 0.717) is 6.04 Å². The largest absolute Gasteiger partial charge is 0.353 e. The molecule has 1 aromatic rings. The normalized spacial score (nSPS) is 16.9. The van der Waals surface area contributed by atoms with Crippen molar-refractivity contribution < 1.29 is 4.79 Å². The Balaban J connectivity index is 1.80. The summed E-state index contributed by atoms with van der Waals surface area (Å²) in [7, 11) is 0. The van der Waals surface area contributed by atoms with Crippen molar-refractivity contribution >= 4 is 17.5 Å². The first kappa shape index (κ1) is 17.3. The molecule has 0 saturated carbocycles. The van der Waals surface area contributed by atoms with Crippen LogP contribution in [-0.4, -0.2) is 29.9 Å². The second kappa shape index (κ2) is 8.54. The summed E-state index contributed by atoms with van der Waals surface area (Å²) in [4.78, 5) is 14.7. The van der Waals surface area contributed by atoms with E-state index < -0.39 is 0 Å². The van der Waals surface area contributed by atoms with Crippen LogP contribution in [0.4, 0.5) is 0 Å². The molecule has 2 rings (SSSR count). The molecule has 1 aromatic carbocycles. The van der Waals surface area contributed by atoms with Crippen molar-refractivity contribution in [3.8, 4) is 0 Å². The molecule has 1 N–H and O–H groups in total. The predicted octanol–water partition coefficient (Wildman–Crippen LogP) is 3.86. The van der Waals surface area contributed by atoms with Gasteiger partial charge in [-0.3, -0.25) is 9.69 Å². The Morgan fingerprint density at radius 2 is 1.91 bits per heavy atom. The van der Waals surface area contributed by atoms with E-state index in [0.717, 1.165) is 50.3 Å². The number of rotatable bonds is 6. The molecule has 0 aliphatic carbocycles. The van der Waals surface area contributed by atoms with Crippen LogP contribution in [0.2, 0.25) is 5.02 Å². The van der Waals surface area contributed by atoms with Gasteiger partial charge < -0.3 is 5.32 Å². The highest BCUT2D eigenvalue weighted by molar-refractivity contribution is 6.31. The molecule has 3 nitrogen and oxygen atoms in total. The number of nitrogens with zero attached hydrogens (tertiary/aromatic N) is 1. The van der Waals surface area contributed by atoms with Crippen LogP contribution < -0.4 is 5.32 Å². The van der Waals surface area contributed by atoms with Crippen LogP contribution in [-0.2, 0) is 11.3 Å². The molecule has 22 heavy (non-hydrogen) atoms. The Bertz CT molecular complexity index is 480. The first-order valence-corrected chi connectivity index (χ1v) is 8.78. The minimum Gasteiger partial charge on any atom is -0.353 e. The highest BCUT2D eigenvalue weighted by Gasteiger charge is 2.26. The summed E-state index contributed by atoms with van der Waals surface area (Å²) in [6, 6.07) is 8.33. The van der Waals surface area contributed by atoms with Crippen molar-refractivity contribution in [2.24, 2.45) is 5.92 Å². The third-order valence-corrected chi connectivity index (χ3v) is 5.01. The van der Waals surface area contributed by atoms with Gasteiger partial charge in [0, 0.05) is 23.5 Å². The monoisotopic (exact) mass is 322 g/mol. The molecule has 1 saturated heterocycles. The van der Waals surface area contributed by atoms with Gasteiger partial charge in [-0.2, -0.15) is 0 Å². The zero-order valence-corrected chi connectivity index (χ0v) is 14.4. The fourth-order valence-corrected chi connectivity index (χ4v) is 3.23. The smallest absolute Gasteiger partial charge is 0.223 e. The summed E-state index contributed by atoms with van der Waals surface area (Å²) in [6.07, 6.45) is 3.90. The first-order chi connectivity index (χ1) is 10.6. The van der Waals surface area contributed by atoms with Crippen molar-refractivity contribution in [1.29, 1.82) is 0 Å². The van der Waals surface area contributed by atoms with Gasteiger partial charge in [0.2, 0.25) is 5.91 Å². The lowest BCUT2D eigenvalue weighted by Gasteiger charge is -2.32. The molecule has 1 fully saturated rings. The Hall–Kier alpha value is -1.06. The number of halogens is 1. The molecule has 4 heteroatoms. The van der Waals surface area contributed by atoms with Crippen molar-refractivity contribution in [1.82, 2.24) is 10.2 Å². The van der Waals surface area contributed by atoms with Gasteiger partial charge in [0.05, 0.1) is 0 Å². The van der Waals surface area contributed by atoms with E-state index in [1.54, 1.807) is 0 Å². The van der Waals surface area contributed by atoms with Gasteiger partial charge in [0.25, 0.3) is 0 Å². The molecule has 1 aliphatic rings. The number of likely N-dealkylation sites (tertiary alicyclic amines) is 1. The zero-order valence-electron chi connectivity index (χ0n) is 13.6. The van der Waals surface area contributed by atoms with Gasteiger partial charge in [0.1, 0.15) is 0 Å². The Labute approximate surface area is 139 Å². The molecule has 0 unspecified atom stereocenters. The Morgan fingerprint density at radius 3 is 2.50 bits per heavy atom. The highest BCUT2D eigenvalue weighted by Crippen LogP contribution is 2.22. The van der Waals surface area contributed by atoms with Gasteiger partial charge in [-0.25, -0.2) is 0 Å². The quantitative estimate of drug-likeness (QED) is 0.862. The van der Waals surface area contributed by atoms with Gasteiger partial charge in [-0.15, -0.1) is 0 Å². The lowest BCUT2D eigenvalue weighted by atomic mass is 9.95. The van der Waals surface area contributed by atoms with E-state index in [4.69, 9.17) is 11.6 Å². The van der Waals surface area contributed by atoms with Crippen molar-refractivity contribution in [3.05, 3.63) is 34.9 Å². The Kier molecular flexibility index (Phi) is 6.71. The van der Waals surface area contributed by atoms with E-state index in [1.807, 2.05) is 18.2 Å². The molecule has 0 aromatic heterocycles. The summed E-state index contributed by atoms with van der Waals surface area (Å²) in [5.41, 5.74) is 1.17. The molecular formula is C18H27ClN2O. The second-order valence-electron chi connectivity index (χ2n) is 6.16. The average Bonchev–Trinajstić information content (AvgIpc) is 2.55. The summed E-state index contributed by atoms with van der Waals surface area (Å²) < 4.78 is 0. The van der Waals surface area contributed by atoms with E-state index in [-0.39, 0.29) is 11.8 Å². The van der Waals surface area contributed by atoms with E-state index in [1.165, 1.54) is 5.56 Å². The maximum Gasteiger partial charge on any atom is 0.223 e. The minimum atomic E-state index is 0.170. The molecule has 1 amide bonds. The van der Waals surface area contributed by atoms with Crippen LogP contribution >= 0.6 is 11.6 Å². The van der Waals surface area contributed by atoms with Crippen molar-refractivity contribution in [3.63, 3.8) is 0 Å². The molecule has 1 aliphatic heterocycles. The van der Waals surface area contributed by atoms with Crippen LogP contribution in [0.25, 0.3) is 0 Å². The standard InChI is InChI=1S/C18H27ClN2O/c1-3-16(4-2)20-18(22)14-9-11-21(12-10-14)13-15-7-5-6-8-17(15)19/h5-8,14,16H,3-4,9-13H2,1-2H3,(H,20,22). The van der Waals surface area contributed by atoms with E-state index in [9.17, 15) is 4.79 Å². The lowest BCUT2D eigenvalue weighted by Crippen LogP contribution is -2.43. The SMILES string of the molecule is CCC(CC)NC(=O)C1CCN(Cc2ccccc2Cl)CC1. The number of nitrogens with one attached hydrogen (secondary N) is 1.